The quantitative estimate of drug-likeness (QED) is 0.151. The Bertz CT molecular complexity index is 1470. The molecule has 36 heavy (non-hydrogen) atoms. The van der Waals surface area contributed by atoms with Crippen LogP contribution in [-0.2, 0) is 4.79 Å². The van der Waals surface area contributed by atoms with Gasteiger partial charge >= 0.3 is 5.97 Å². The SMILES string of the molecule is O=C(CNC(=O)c1ccccc1Cl)N/N=C\c1c(OC(=O)c2ccc(Cl)cc2)ccc2ccccc12. The molecule has 180 valence electrons. The van der Waals surface area contributed by atoms with E-state index in [-0.39, 0.29) is 22.9 Å². The fraction of sp³-hybridized carbons (Fsp3) is 0.0370. The second-order valence-corrected chi connectivity index (χ2v) is 8.39. The molecule has 0 aliphatic carbocycles. The second-order valence-electron chi connectivity index (χ2n) is 7.55. The molecule has 0 aliphatic rings. The van der Waals surface area contributed by atoms with E-state index in [4.69, 9.17) is 27.9 Å². The van der Waals surface area contributed by atoms with Crippen LogP contribution in [0.25, 0.3) is 10.8 Å². The summed E-state index contributed by atoms with van der Waals surface area (Å²) in [6, 6.07) is 23.8. The third-order valence-corrected chi connectivity index (χ3v) is 5.71. The highest BCUT2D eigenvalue weighted by Gasteiger charge is 2.14. The molecule has 0 saturated carbocycles. The zero-order valence-corrected chi connectivity index (χ0v) is 20.2. The smallest absolute Gasteiger partial charge is 0.343 e. The van der Waals surface area contributed by atoms with Crippen molar-refractivity contribution in [3.63, 3.8) is 0 Å². The first-order valence-electron chi connectivity index (χ1n) is 10.8. The number of carbonyl (C=O) groups excluding carboxylic acids is 3. The van der Waals surface area contributed by atoms with Gasteiger partial charge in [-0.05, 0) is 53.2 Å². The van der Waals surface area contributed by atoms with Gasteiger partial charge in [0.2, 0.25) is 0 Å². The molecule has 0 fully saturated rings. The number of rotatable bonds is 7. The Balaban J connectivity index is 1.47. The monoisotopic (exact) mass is 519 g/mol. The first-order chi connectivity index (χ1) is 17.4. The van der Waals surface area contributed by atoms with Gasteiger partial charge in [0.25, 0.3) is 11.8 Å². The average molecular weight is 520 g/mol. The van der Waals surface area contributed by atoms with E-state index in [0.29, 0.717) is 16.1 Å². The van der Waals surface area contributed by atoms with Gasteiger partial charge in [-0.25, -0.2) is 10.2 Å². The predicted molar refractivity (Wildman–Crippen MR) is 140 cm³/mol. The lowest BCUT2D eigenvalue weighted by molar-refractivity contribution is -0.120. The van der Waals surface area contributed by atoms with E-state index in [1.54, 1.807) is 54.6 Å². The minimum Gasteiger partial charge on any atom is -0.422 e. The summed E-state index contributed by atoms with van der Waals surface area (Å²) < 4.78 is 5.62. The number of carbonyl (C=O) groups is 3. The molecular formula is C27H19Cl2N3O4. The van der Waals surface area contributed by atoms with Crippen molar-refractivity contribution in [2.45, 2.75) is 0 Å². The third kappa shape index (κ3) is 6.07. The van der Waals surface area contributed by atoms with E-state index in [1.165, 1.54) is 6.21 Å². The van der Waals surface area contributed by atoms with Crippen molar-refractivity contribution in [3.05, 3.63) is 112 Å². The van der Waals surface area contributed by atoms with Gasteiger partial charge in [0.05, 0.1) is 28.9 Å². The maximum absolute atomic E-state index is 12.7. The Kier molecular flexibility index (Phi) is 7.95. The van der Waals surface area contributed by atoms with E-state index in [9.17, 15) is 14.4 Å². The number of nitrogens with zero attached hydrogens (tertiary/aromatic N) is 1. The summed E-state index contributed by atoms with van der Waals surface area (Å²) in [7, 11) is 0. The van der Waals surface area contributed by atoms with Crippen LogP contribution in [0.5, 0.6) is 5.75 Å². The lowest BCUT2D eigenvalue weighted by atomic mass is 10.0. The highest BCUT2D eigenvalue weighted by atomic mass is 35.5. The van der Waals surface area contributed by atoms with E-state index >= 15 is 0 Å². The molecule has 4 rings (SSSR count). The average Bonchev–Trinajstić information content (AvgIpc) is 2.89. The molecule has 0 saturated heterocycles. The molecule has 0 atom stereocenters. The second kappa shape index (κ2) is 11.5. The minimum atomic E-state index is -0.567. The van der Waals surface area contributed by atoms with Crippen molar-refractivity contribution in [2.75, 3.05) is 6.54 Å². The van der Waals surface area contributed by atoms with Crippen LogP contribution in [0, 0.1) is 0 Å². The third-order valence-electron chi connectivity index (χ3n) is 5.12. The molecule has 0 aromatic heterocycles. The van der Waals surface area contributed by atoms with Crippen LogP contribution < -0.4 is 15.5 Å². The molecule has 4 aromatic rings. The Morgan fingerprint density at radius 2 is 1.58 bits per heavy atom. The van der Waals surface area contributed by atoms with Crippen molar-refractivity contribution in [3.8, 4) is 5.75 Å². The van der Waals surface area contributed by atoms with Crippen LogP contribution in [0.15, 0.2) is 90.0 Å². The topological polar surface area (TPSA) is 96.9 Å². The lowest BCUT2D eigenvalue weighted by Crippen LogP contribution is -2.35. The van der Waals surface area contributed by atoms with E-state index in [1.807, 2.05) is 30.3 Å². The van der Waals surface area contributed by atoms with Crippen LogP contribution >= 0.6 is 23.2 Å². The van der Waals surface area contributed by atoms with Gasteiger partial charge in [-0.15, -0.1) is 0 Å². The molecule has 2 N–H and O–H groups in total. The lowest BCUT2D eigenvalue weighted by Gasteiger charge is -2.11. The summed E-state index contributed by atoms with van der Waals surface area (Å²) in [5, 5.41) is 8.94. The molecule has 0 radical (unpaired) electrons. The van der Waals surface area contributed by atoms with Crippen molar-refractivity contribution in [1.82, 2.24) is 10.7 Å². The van der Waals surface area contributed by atoms with Gasteiger partial charge in [-0.3, -0.25) is 9.59 Å². The molecule has 4 aromatic carbocycles. The van der Waals surface area contributed by atoms with Gasteiger partial charge in [0, 0.05) is 10.6 Å². The van der Waals surface area contributed by atoms with Crippen LogP contribution in [0.2, 0.25) is 10.0 Å². The number of halogens is 2. The van der Waals surface area contributed by atoms with Crippen molar-refractivity contribution in [1.29, 1.82) is 0 Å². The number of hydrogen-bond acceptors (Lipinski definition) is 5. The Labute approximate surface area is 216 Å². The van der Waals surface area contributed by atoms with Crippen LogP contribution in [0.4, 0.5) is 0 Å². The van der Waals surface area contributed by atoms with Gasteiger partial charge < -0.3 is 10.1 Å². The molecule has 0 spiro atoms. The van der Waals surface area contributed by atoms with E-state index in [0.717, 1.165) is 10.8 Å². The van der Waals surface area contributed by atoms with Crippen molar-refractivity contribution < 1.29 is 19.1 Å². The predicted octanol–water partition coefficient (Wildman–Crippen LogP) is 5.25. The number of hydrazone groups is 1. The summed E-state index contributed by atoms with van der Waals surface area (Å²) in [5.74, 6) is -1.33. The maximum atomic E-state index is 12.7. The molecule has 0 bridgehead atoms. The fourth-order valence-electron chi connectivity index (χ4n) is 3.35. The van der Waals surface area contributed by atoms with Crippen LogP contribution in [0.3, 0.4) is 0 Å². The molecule has 9 heteroatoms. The maximum Gasteiger partial charge on any atom is 0.343 e. The highest BCUT2D eigenvalue weighted by molar-refractivity contribution is 6.33. The molecule has 7 nitrogen and oxygen atoms in total. The molecule has 0 heterocycles. The van der Waals surface area contributed by atoms with E-state index in [2.05, 4.69) is 15.8 Å². The Morgan fingerprint density at radius 1 is 0.861 bits per heavy atom. The van der Waals surface area contributed by atoms with Gasteiger partial charge in [0.1, 0.15) is 5.75 Å². The number of esters is 1. The number of fused-ring (bicyclic) bond motifs is 1. The summed E-state index contributed by atoms with van der Waals surface area (Å²) in [4.78, 5) is 37.1. The van der Waals surface area contributed by atoms with Crippen LogP contribution in [0.1, 0.15) is 26.3 Å². The molecule has 2 amide bonds. The van der Waals surface area contributed by atoms with Gasteiger partial charge in [0.15, 0.2) is 0 Å². The first kappa shape index (κ1) is 24.9. The minimum absolute atomic E-state index is 0.262. The highest BCUT2D eigenvalue weighted by Crippen LogP contribution is 2.27. The number of benzene rings is 4. The van der Waals surface area contributed by atoms with Crippen LogP contribution in [-0.4, -0.2) is 30.5 Å². The van der Waals surface area contributed by atoms with Gasteiger partial charge in [-0.2, -0.15) is 5.10 Å². The summed E-state index contributed by atoms with van der Waals surface area (Å²) in [6.45, 7) is -0.310. The standard InChI is InChI=1S/C27H19Cl2N3O4/c28-19-12-9-18(10-13-19)27(35)36-24-14-11-17-5-1-2-6-20(17)22(24)15-31-32-25(33)16-30-26(34)21-7-3-4-8-23(21)29/h1-15H,16H2,(H,30,34)(H,32,33)/b31-15-. The zero-order valence-electron chi connectivity index (χ0n) is 18.7. The summed E-state index contributed by atoms with van der Waals surface area (Å²) in [6.07, 6.45) is 1.39. The largest absolute Gasteiger partial charge is 0.422 e. The Morgan fingerprint density at radius 3 is 2.36 bits per heavy atom. The van der Waals surface area contributed by atoms with E-state index < -0.39 is 17.8 Å². The Hall–Kier alpha value is -4.20. The summed E-state index contributed by atoms with van der Waals surface area (Å²) in [5.41, 5.74) is 3.45. The number of ether oxygens (including phenoxy) is 1. The molecule has 0 unspecified atom stereocenters. The molecule has 0 aliphatic heterocycles. The number of nitrogens with one attached hydrogen (secondary N) is 2. The van der Waals surface area contributed by atoms with Crippen molar-refractivity contribution >= 4 is 58.0 Å². The summed E-state index contributed by atoms with van der Waals surface area (Å²) >= 11 is 11.9. The first-order valence-corrected chi connectivity index (χ1v) is 11.5. The zero-order chi connectivity index (χ0) is 25.5. The van der Waals surface area contributed by atoms with Gasteiger partial charge in [-0.1, -0.05) is 65.7 Å². The van der Waals surface area contributed by atoms with Crippen molar-refractivity contribution in [2.24, 2.45) is 5.10 Å². The number of hydrogen-bond donors (Lipinski definition) is 2. The number of amides is 2. The normalized spacial score (nSPS) is 10.8. The molecular weight excluding hydrogens is 501 g/mol. The fourth-order valence-corrected chi connectivity index (χ4v) is 3.70.